The van der Waals surface area contributed by atoms with Gasteiger partial charge in [-0.1, -0.05) is 38.1 Å². The summed E-state index contributed by atoms with van der Waals surface area (Å²) in [4.78, 5) is 0. The summed E-state index contributed by atoms with van der Waals surface area (Å²) in [7, 11) is 2.88. The zero-order valence-corrected chi connectivity index (χ0v) is 12.3. The minimum absolute atomic E-state index is 0.0338. The van der Waals surface area contributed by atoms with E-state index in [-0.39, 0.29) is 22.6 Å². The minimum atomic E-state index is -0.0338. The minimum Gasteiger partial charge on any atom is -0.508 e. The number of phenols is 2. The second-order valence-corrected chi connectivity index (χ2v) is 6.93. The lowest BCUT2D eigenvalue weighted by molar-refractivity contribution is 0.474. The highest BCUT2D eigenvalue weighted by Gasteiger charge is 2.28. The van der Waals surface area contributed by atoms with Crippen molar-refractivity contribution in [3.05, 3.63) is 59.7 Å². The van der Waals surface area contributed by atoms with Gasteiger partial charge in [0.15, 0.2) is 0 Å². The summed E-state index contributed by atoms with van der Waals surface area (Å²) < 4.78 is 0. The topological polar surface area (TPSA) is 40.5 Å². The van der Waals surface area contributed by atoms with Crippen molar-refractivity contribution in [3.8, 4) is 11.5 Å². The Kier molecular flexibility index (Phi) is 3.82. The summed E-state index contributed by atoms with van der Waals surface area (Å²) in [6.07, 6.45) is 0. The largest absolute Gasteiger partial charge is 0.508 e. The predicted octanol–water partition coefficient (Wildman–Crippen LogP) is 3.88. The molecule has 0 fully saturated rings. The molecule has 1 atom stereocenters. The first-order valence-electron chi connectivity index (χ1n) is 6.24. The summed E-state index contributed by atoms with van der Waals surface area (Å²) in [6, 6.07) is 14.6. The van der Waals surface area contributed by atoms with Crippen molar-refractivity contribution in [1.82, 2.24) is 0 Å². The molecule has 2 aromatic carbocycles. The van der Waals surface area contributed by atoms with E-state index in [9.17, 15) is 10.2 Å². The van der Waals surface area contributed by atoms with Crippen molar-refractivity contribution in [1.29, 1.82) is 0 Å². The van der Waals surface area contributed by atoms with E-state index in [1.54, 1.807) is 24.3 Å². The molecule has 0 aliphatic heterocycles. The van der Waals surface area contributed by atoms with E-state index in [1.165, 1.54) is 0 Å². The number of hydrogen-bond donors (Lipinski definition) is 2. The van der Waals surface area contributed by atoms with Gasteiger partial charge in [-0.25, -0.2) is 0 Å². The summed E-state index contributed by atoms with van der Waals surface area (Å²) >= 11 is 0. The molecule has 0 aromatic heterocycles. The SMILES string of the molecule is CC(C)(P)C(c1ccc(O)cc1)c1ccc(O)cc1. The van der Waals surface area contributed by atoms with Gasteiger partial charge in [0.25, 0.3) is 0 Å². The second kappa shape index (κ2) is 5.22. The molecule has 2 N–H and O–H groups in total. The number of rotatable bonds is 3. The van der Waals surface area contributed by atoms with E-state index in [2.05, 4.69) is 23.1 Å². The maximum absolute atomic E-state index is 9.41. The first kappa shape index (κ1) is 13.9. The third-order valence-corrected chi connectivity index (χ3v) is 3.53. The molecular formula is C16H19O2P. The quantitative estimate of drug-likeness (QED) is 0.834. The van der Waals surface area contributed by atoms with Crippen molar-refractivity contribution in [2.24, 2.45) is 0 Å². The lowest BCUT2D eigenvalue weighted by Crippen LogP contribution is -2.23. The van der Waals surface area contributed by atoms with Crippen LogP contribution in [0.2, 0.25) is 0 Å². The molecule has 100 valence electrons. The van der Waals surface area contributed by atoms with Crippen LogP contribution in [0.4, 0.5) is 0 Å². The highest BCUT2D eigenvalue weighted by atomic mass is 31.0. The van der Waals surface area contributed by atoms with E-state index in [0.29, 0.717) is 0 Å². The molecular weight excluding hydrogens is 255 g/mol. The van der Waals surface area contributed by atoms with Crippen LogP contribution in [-0.2, 0) is 0 Å². The van der Waals surface area contributed by atoms with Crippen LogP contribution in [0.25, 0.3) is 0 Å². The number of aromatic hydroxyl groups is 2. The van der Waals surface area contributed by atoms with Crippen molar-refractivity contribution >= 4 is 9.24 Å². The van der Waals surface area contributed by atoms with Crippen LogP contribution in [0.5, 0.6) is 11.5 Å². The molecule has 0 saturated carbocycles. The van der Waals surface area contributed by atoms with Crippen molar-refractivity contribution in [2.45, 2.75) is 24.9 Å². The summed E-state index contributed by atoms with van der Waals surface area (Å²) in [5.41, 5.74) is 2.28. The van der Waals surface area contributed by atoms with Crippen molar-refractivity contribution < 1.29 is 10.2 Å². The molecule has 0 spiro atoms. The van der Waals surface area contributed by atoms with Gasteiger partial charge in [0.1, 0.15) is 11.5 Å². The first-order chi connectivity index (χ1) is 8.88. The van der Waals surface area contributed by atoms with Gasteiger partial charge in [-0.15, -0.1) is 9.24 Å². The van der Waals surface area contributed by atoms with Crippen LogP contribution < -0.4 is 0 Å². The number of phenolic OH excluding ortho intramolecular Hbond substituents is 2. The average molecular weight is 274 g/mol. The Morgan fingerprint density at radius 1 is 0.789 bits per heavy atom. The van der Waals surface area contributed by atoms with Crippen LogP contribution in [0, 0.1) is 0 Å². The molecule has 2 nitrogen and oxygen atoms in total. The standard InChI is InChI=1S/C16H19O2P/c1-16(2,19)15(11-3-7-13(17)8-4-11)12-5-9-14(18)10-6-12/h3-10,15,17-18H,19H2,1-2H3. The fourth-order valence-corrected chi connectivity index (χ4v) is 2.77. The first-order valence-corrected chi connectivity index (χ1v) is 6.82. The molecule has 2 rings (SSSR count). The van der Waals surface area contributed by atoms with Gasteiger partial charge < -0.3 is 10.2 Å². The van der Waals surface area contributed by atoms with Crippen molar-refractivity contribution in [2.75, 3.05) is 0 Å². The van der Waals surface area contributed by atoms with Gasteiger partial charge in [-0.2, -0.15) is 0 Å². The monoisotopic (exact) mass is 274 g/mol. The van der Waals surface area contributed by atoms with E-state index in [4.69, 9.17) is 0 Å². The smallest absolute Gasteiger partial charge is 0.115 e. The van der Waals surface area contributed by atoms with Crippen LogP contribution in [0.1, 0.15) is 30.9 Å². The zero-order chi connectivity index (χ0) is 14.0. The number of hydrogen-bond acceptors (Lipinski definition) is 2. The average Bonchev–Trinajstić information content (AvgIpc) is 2.33. The zero-order valence-electron chi connectivity index (χ0n) is 11.2. The fraction of sp³-hybridized carbons (Fsp3) is 0.250. The Hall–Kier alpha value is -1.53. The Labute approximate surface area is 116 Å². The van der Waals surface area contributed by atoms with Gasteiger partial charge in [-0.05, 0) is 40.5 Å². The lowest BCUT2D eigenvalue weighted by atomic mass is 9.82. The molecule has 0 aliphatic carbocycles. The molecule has 0 bridgehead atoms. The van der Waals surface area contributed by atoms with Crippen LogP contribution in [0.3, 0.4) is 0 Å². The second-order valence-electron chi connectivity index (χ2n) is 5.44. The lowest BCUT2D eigenvalue weighted by Gasteiger charge is -2.31. The van der Waals surface area contributed by atoms with Crippen LogP contribution >= 0.6 is 9.24 Å². The summed E-state index contributed by atoms with van der Waals surface area (Å²) in [5.74, 6) is 0.725. The highest BCUT2D eigenvalue weighted by Crippen LogP contribution is 2.41. The fourth-order valence-electron chi connectivity index (χ4n) is 2.39. The van der Waals surface area contributed by atoms with E-state index in [0.717, 1.165) is 11.1 Å². The summed E-state index contributed by atoms with van der Waals surface area (Å²) in [6.45, 7) is 4.31. The molecule has 0 saturated heterocycles. The Morgan fingerprint density at radius 3 is 1.37 bits per heavy atom. The maximum Gasteiger partial charge on any atom is 0.115 e. The Morgan fingerprint density at radius 2 is 1.11 bits per heavy atom. The highest BCUT2D eigenvalue weighted by molar-refractivity contribution is 7.19. The summed E-state index contributed by atoms with van der Waals surface area (Å²) in [5, 5.41) is 18.8. The molecule has 19 heavy (non-hydrogen) atoms. The van der Waals surface area contributed by atoms with Crippen molar-refractivity contribution in [3.63, 3.8) is 0 Å². The molecule has 0 radical (unpaired) electrons. The molecule has 1 unspecified atom stereocenters. The van der Waals surface area contributed by atoms with Gasteiger partial charge in [0.2, 0.25) is 0 Å². The third kappa shape index (κ3) is 3.27. The van der Waals surface area contributed by atoms with Gasteiger partial charge in [-0.3, -0.25) is 0 Å². The molecule has 3 heteroatoms. The Balaban J connectivity index is 2.47. The van der Waals surface area contributed by atoms with Gasteiger partial charge >= 0.3 is 0 Å². The number of benzene rings is 2. The van der Waals surface area contributed by atoms with Gasteiger partial charge in [0.05, 0.1) is 0 Å². The Bertz CT molecular complexity index is 493. The van der Waals surface area contributed by atoms with E-state index >= 15 is 0 Å². The molecule has 0 heterocycles. The van der Waals surface area contributed by atoms with Crippen LogP contribution in [0.15, 0.2) is 48.5 Å². The molecule has 0 aliphatic rings. The predicted molar refractivity (Wildman–Crippen MR) is 81.8 cm³/mol. The third-order valence-electron chi connectivity index (χ3n) is 3.20. The van der Waals surface area contributed by atoms with Gasteiger partial charge in [0, 0.05) is 5.92 Å². The molecule has 0 amide bonds. The normalized spacial score (nSPS) is 11.8. The van der Waals surface area contributed by atoms with E-state index in [1.807, 2.05) is 24.3 Å². The maximum atomic E-state index is 9.41. The van der Waals surface area contributed by atoms with Crippen LogP contribution in [-0.4, -0.2) is 15.4 Å². The van der Waals surface area contributed by atoms with E-state index < -0.39 is 0 Å². The molecule has 2 aromatic rings.